The second-order valence-corrected chi connectivity index (χ2v) is 5.12. The zero-order valence-corrected chi connectivity index (χ0v) is 13.2. The quantitative estimate of drug-likeness (QED) is 0.723. The SMILES string of the molecule is CCC(=O)Nc1cccc(NC(=O)CNC(C)CC)c1C. The summed E-state index contributed by atoms with van der Waals surface area (Å²) in [6.07, 6.45) is 1.40. The van der Waals surface area contributed by atoms with Crippen LogP contribution in [-0.4, -0.2) is 24.4 Å². The number of nitrogens with one attached hydrogen (secondary N) is 3. The number of carbonyl (C=O) groups excluding carboxylic acids is 2. The molecule has 0 saturated heterocycles. The minimum absolute atomic E-state index is 0.0417. The number of amides is 2. The molecule has 1 aromatic rings. The lowest BCUT2D eigenvalue weighted by atomic mass is 10.1. The third kappa shape index (κ3) is 5.55. The fourth-order valence-corrected chi connectivity index (χ4v) is 1.75. The number of anilines is 2. The van der Waals surface area contributed by atoms with Crippen LogP contribution in [0.4, 0.5) is 11.4 Å². The number of carbonyl (C=O) groups is 2. The van der Waals surface area contributed by atoms with Crippen LogP contribution in [0, 0.1) is 6.92 Å². The Kier molecular flexibility index (Phi) is 6.88. The minimum Gasteiger partial charge on any atom is -0.326 e. The molecule has 1 rings (SSSR count). The van der Waals surface area contributed by atoms with Crippen LogP contribution in [0.1, 0.15) is 39.2 Å². The number of rotatable bonds is 7. The predicted molar refractivity (Wildman–Crippen MR) is 86.5 cm³/mol. The highest BCUT2D eigenvalue weighted by atomic mass is 16.2. The maximum Gasteiger partial charge on any atom is 0.238 e. The molecule has 0 saturated carbocycles. The minimum atomic E-state index is -0.0858. The van der Waals surface area contributed by atoms with Gasteiger partial charge in [0.1, 0.15) is 0 Å². The van der Waals surface area contributed by atoms with Crippen LogP contribution < -0.4 is 16.0 Å². The van der Waals surface area contributed by atoms with E-state index in [1.165, 1.54) is 0 Å². The first-order valence-corrected chi connectivity index (χ1v) is 7.40. The number of hydrogen-bond acceptors (Lipinski definition) is 3. The molecular weight excluding hydrogens is 266 g/mol. The van der Waals surface area contributed by atoms with Gasteiger partial charge in [-0.25, -0.2) is 0 Å². The van der Waals surface area contributed by atoms with Gasteiger partial charge >= 0.3 is 0 Å². The van der Waals surface area contributed by atoms with Crippen LogP contribution in [0.3, 0.4) is 0 Å². The van der Waals surface area contributed by atoms with Crippen molar-refractivity contribution in [2.24, 2.45) is 0 Å². The lowest BCUT2D eigenvalue weighted by Crippen LogP contribution is -2.34. The van der Waals surface area contributed by atoms with E-state index in [2.05, 4.69) is 22.9 Å². The van der Waals surface area contributed by atoms with E-state index in [1.807, 2.05) is 32.0 Å². The Morgan fingerprint density at radius 2 is 1.67 bits per heavy atom. The van der Waals surface area contributed by atoms with Gasteiger partial charge in [0.25, 0.3) is 0 Å². The summed E-state index contributed by atoms with van der Waals surface area (Å²) in [4.78, 5) is 23.4. The van der Waals surface area contributed by atoms with E-state index >= 15 is 0 Å². The average Bonchev–Trinajstić information content (AvgIpc) is 2.48. The Labute approximate surface area is 126 Å². The molecule has 5 nitrogen and oxygen atoms in total. The molecule has 116 valence electrons. The van der Waals surface area contributed by atoms with Gasteiger partial charge in [-0.15, -0.1) is 0 Å². The molecule has 0 bridgehead atoms. The van der Waals surface area contributed by atoms with Crippen molar-refractivity contribution in [3.63, 3.8) is 0 Å². The van der Waals surface area contributed by atoms with E-state index in [0.717, 1.165) is 23.4 Å². The van der Waals surface area contributed by atoms with Gasteiger partial charge in [0.05, 0.1) is 6.54 Å². The highest BCUT2D eigenvalue weighted by Crippen LogP contribution is 2.23. The molecule has 0 spiro atoms. The summed E-state index contributed by atoms with van der Waals surface area (Å²) in [5.74, 6) is -0.127. The van der Waals surface area contributed by atoms with Crippen LogP contribution in [-0.2, 0) is 9.59 Å². The van der Waals surface area contributed by atoms with Crippen LogP contribution >= 0.6 is 0 Å². The first-order chi connectivity index (χ1) is 9.97. The highest BCUT2D eigenvalue weighted by Gasteiger charge is 2.09. The summed E-state index contributed by atoms with van der Waals surface area (Å²) >= 11 is 0. The molecule has 0 radical (unpaired) electrons. The number of hydrogen-bond donors (Lipinski definition) is 3. The van der Waals surface area contributed by atoms with Gasteiger partial charge in [0.2, 0.25) is 11.8 Å². The zero-order valence-electron chi connectivity index (χ0n) is 13.2. The van der Waals surface area contributed by atoms with E-state index in [0.29, 0.717) is 12.5 Å². The van der Waals surface area contributed by atoms with Gasteiger partial charge in [-0.05, 0) is 38.0 Å². The maximum absolute atomic E-state index is 11.9. The molecule has 0 aliphatic rings. The molecule has 1 unspecified atom stereocenters. The molecule has 0 aliphatic heterocycles. The smallest absolute Gasteiger partial charge is 0.238 e. The van der Waals surface area contributed by atoms with E-state index in [1.54, 1.807) is 6.92 Å². The Hall–Kier alpha value is -1.88. The lowest BCUT2D eigenvalue weighted by Gasteiger charge is -2.14. The third-order valence-electron chi connectivity index (χ3n) is 3.43. The second kappa shape index (κ2) is 8.42. The van der Waals surface area contributed by atoms with Crippen molar-refractivity contribution in [2.45, 2.75) is 46.6 Å². The highest BCUT2D eigenvalue weighted by molar-refractivity contribution is 5.96. The molecule has 5 heteroatoms. The lowest BCUT2D eigenvalue weighted by molar-refractivity contribution is -0.116. The first-order valence-electron chi connectivity index (χ1n) is 7.40. The second-order valence-electron chi connectivity index (χ2n) is 5.12. The van der Waals surface area contributed by atoms with Gasteiger partial charge in [-0.2, -0.15) is 0 Å². The molecule has 2 amide bonds. The van der Waals surface area contributed by atoms with Crippen molar-refractivity contribution in [2.75, 3.05) is 17.2 Å². The van der Waals surface area contributed by atoms with Crippen LogP contribution in [0.5, 0.6) is 0 Å². The van der Waals surface area contributed by atoms with Gasteiger partial charge in [0, 0.05) is 23.8 Å². The summed E-state index contributed by atoms with van der Waals surface area (Å²) in [6.45, 7) is 8.07. The molecule has 0 heterocycles. The Morgan fingerprint density at radius 3 is 2.19 bits per heavy atom. The van der Waals surface area contributed by atoms with E-state index in [-0.39, 0.29) is 18.4 Å². The molecule has 0 aromatic heterocycles. The Bertz CT molecular complexity index is 500. The van der Waals surface area contributed by atoms with Crippen molar-refractivity contribution in [3.8, 4) is 0 Å². The molecule has 1 aromatic carbocycles. The summed E-state index contributed by atoms with van der Waals surface area (Å²) in [6, 6.07) is 5.79. The summed E-state index contributed by atoms with van der Waals surface area (Å²) in [5.41, 5.74) is 2.31. The summed E-state index contributed by atoms with van der Waals surface area (Å²) in [5, 5.41) is 8.84. The van der Waals surface area contributed by atoms with Gasteiger partial charge in [-0.1, -0.05) is 19.9 Å². The van der Waals surface area contributed by atoms with Crippen molar-refractivity contribution in [1.82, 2.24) is 5.32 Å². The van der Waals surface area contributed by atoms with Crippen molar-refractivity contribution >= 4 is 23.2 Å². The molecule has 21 heavy (non-hydrogen) atoms. The molecule has 1 atom stereocenters. The summed E-state index contributed by atoms with van der Waals surface area (Å²) < 4.78 is 0. The third-order valence-corrected chi connectivity index (χ3v) is 3.43. The molecule has 0 aliphatic carbocycles. The fraction of sp³-hybridized carbons (Fsp3) is 0.500. The number of benzene rings is 1. The van der Waals surface area contributed by atoms with Crippen LogP contribution in [0.2, 0.25) is 0 Å². The predicted octanol–water partition coefficient (Wildman–Crippen LogP) is 2.67. The van der Waals surface area contributed by atoms with Gasteiger partial charge in [-0.3, -0.25) is 9.59 Å². The first kappa shape index (κ1) is 17.2. The van der Waals surface area contributed by atoms with Gasteiger partial charge < -0.3 is 16.0 Å². The largest absolute Gasteiger partial charge is 0.326 e. The van der Waals surface area contributed by atoms with Crippen LogP contribution in [0.25, 0.3) is 0 Å². The van der Waals surface area contributed by atoms with E-state index in [9.17, 15) is 9.59 Å². The van der Waals surface area contributed by atoms with E-state index in [4.69, 9.17) is 0 Å². The van der Waals surface area contributed by atoms with Crippen LogP contribution in [0.15, 0.2) is 18.2 Å². The van der Waals surface area contributed by atoms with Crippen molar-refractivity contribution in [3.05, 3.63) is 23.8 Å². The average molecular weight is 291 g/mol. The van der Waals surface area contributed by atoms with Crippen molar-refractivity contribution in [1.29, 1.82) is 0 Å². The molecular formula is C16H25N3O2. The monoisotopic (exact) mass is 291 g/mol. The Balaban J connectivity index is 2.69. The topological polar surface area (TPSA) is 70.2 Å². The maximum atomic E-state index is 11.9. The molecule has 3 N–H and O–H groups in total. The Morgan fingerprint density at radius 1 is 1.10 bits per heavy atom. The summed E-state index contributed by atoms with van der Waals surface area (Å²) in [7, 11) is 0. The van der Waals surface area contributed by atoms with Gasteiger partial charge in [0.15, 0.2) is 0 Å². The molecule has 0 fully saturated rings. The standard InChI is InChI=1S/C16H25N3O2/c1-5-11(3)17-10-16(21)19-14-9-7-8-13(12(14)4)18-15(20)6-2/h7-9,11,17H,5-6,10H2,1-4H3,(H,18,20)(H,19,21). The zero-order chi connectivity index (χ0) is 15.8. The van der Waals surface area contributed by atoms with E-state index < -0.39 is 0 Å². The van der Waals surface area contributed by atoms with Crippen molar-refractivity contribution < 1.29 is 9.59 Å². The normalized spacial score (nSPS) is 11.8. The fourth-order valence-electron chi connectivity index (χ4n) is 1.75.